The van der Waals surface area contributed by atoms with Crippen molar-refractivity contribution in [1.82, 2.24) is 9.21 Å². The van der Waals surface area contributed by atoms with Crippen LogP contribution in [0.25, 0.3) is 0 Å². The van der Waals surface area contributed by atoms with E-state index in [-0.39, 0.29) is 28.7 Å². The summed E-state index contributed by atoms with van der Waals surface area (Å²) in [6.07, 6.45) is 2.44. The molecule has 1 aromatic carbocycles. The van der Waals surface area contributed by atoms with Gasteiger partial charge in [0.05, 0.1) is 28.8 Å². The maximum Gasteiger partial charge on any atom is 0.313 e. The van der Waals surface area contributed by atoms with Crippen LogP contribution in [0.3, 0.4) is 0 Å². The van der Waals surface area contributed by atoms with Gasteiger partial charge >= 0.3 is 11.8 Å². The van der Waals surface area contributed by atoms with Gasteiger partial charge in [-0.05, 0) is 31.0 Å². The number of sulfonamides is 1. The average Bonchev–Trinajstić information content (AvgIpc) is 2.72. The van der Waals surface area contributed by atoms with Crippen molar-refractivity contribution in [3.8, 4) is 0 Å². The van der Waals surface area contributed by atoms with Crippen LogP contribution in [0.4, 0.5) is 5.69 Å². The Labute approximate surface area is 177 Å². The van der Waals surface area contributed by atoms with Crippen LogP contribution >= 0.6 is 11.6 Å². The van der Waals surface area contributed by atoms with Crippen molar-refractivity contribution in [1.29, 1.82) is 0 Å². The minimum atomic E-state index is -3.75. The molecule has 2 rings (SSSR count). The molecule has 0 bridgehead atoms. The molecule has 162 valence electrons. The zero-order chi connectivity index (χ0) is 21.4. The Hall–Kier alpha value is -1.68. The molecular weight excluding hydrogens is 418 g/mol. The van der Waals surface area contributed by atoms with E-state index in [1.54, 1.807) is 0 Å². The Morgan fingerprint density at radius 1 is 1.17 bits per heavy atom. The number of nitrogens with one attached hydrogen (secondary N) is 1. The Balaban J connectivity index is 2.18. The molecule has 0 radical (unpaired) electrons. The number of hydrogen-bond acceptors (Lipinski definition) is 5. The lowest BCUT2D eigenvalue weighted by Gasteiger charge is -2.26. The second-order valence-corrected chi connectivity index (χ2v) is 9.10. The van der Waals surface area contributed by atoms with Crippen molar-refractivity contribution >= 4 is 39.1 Å². The number of ether oxygens (including phenoxy) is 1. The van der Waals surface area contributed by atoms with Crippen LogP contribution in [0.5, 0.6) is 0 Å². The van der Waals surface area contributed by atoms with Crippen LogP contribution in [0.1, 0.15) is 33.1 Å². The summed E-state index contributed by atoms with van der Waals surface area (Å²) in [6.45, 7) is 6.09. The van der Waals surface area contributed by atoms with Gasteiger partial charge < -0.3 is 15.0 Å². The molecule has 0 spiro atoms. The zero-order valence-corrected chi connectivity index (χ0v) is 18.4. The lowest BCUT2D eigenvalue weighted by atomic mass is 10.2. The first kappa shape index (κ1) is 23.6. The molecule has 1 saturated heterocycles. The van der Waals surface area contributed by atoms with Gasteiger partial charge in [0.1, 0.15) is 0 Å². The van der Waals surface area contributed by atoms with Crippen molar-refractivity contribution in [2.24, 2.45) is 0 Å². The predicted octanol–water partition coefficient (Wildman–Crippen LogP) is 2.34. The number of anilines is 1. The molecule has 2 amide bonds. The van der Waals surface area contributed by atoms with Gasteiger partial charge in [-0.3, -0.25) is 9.59 Å². The van der Waals surface area contributed by atoms with Crippen LogP contribution < -0.4 is 5.32 Å². The van der Waals surface area contributed by atoms with Crippen molar-refractivity contribution in [2.45, 2.75) is 38.0 Å². The van der Waals surface area contributed by atoms with Crippen molar-refractivity contribution in [3.05, 3.63) is 23.2 Å². The molecule has 8 nitrogen and oxygen atoms in total. The van der Waals surface area contributed by atoms with Gasteiger partial charge in [-0.25, -0.2) is 8.42 Å². The van der Waals surface area contributed by atoms with Crippen LogP contribution in [-0.2, 0) is 24.3 Å². The molecule has 1 aliphatic heterocycles. The number of carbonyl (C=O) groups excluding carboxylic acids is 2. The maximum atomic E-state index is 12.8. The van der Waals surface area contributed by atoms with E-state index in [0.717, 1.165) is 19.3 Å². The highest BCUT2D eigenvalue weighted by atomic mass is 35.5. The molecule has 0 unspecified atom stereocenters. The summed E-state index contributed by atoms with van der Waals surface area (Å²) in [7, 11) is -3.75. The standard InChI is InChI=1S/C19H28ClN3O5S/c1-3-5-9-22(8-4-2)19(25)18(24)21-17-14-15(6-7-16(17)20)29(26,27)23-10-12-28-13-11-23/h6-7,14H,3-5,8-13H2,1-2H3,(H,21,24). The maximum absolute atomic E-state index is 12.8. The molecule has 1 fully saturated rings. The molecular formula is C19H28ClN3O5S. The minimum absolute atomic E-state index is 0.00273. The molecule has 1 N–H and O–H groups in total. The summed E-state index contributed by atoms with van der Waals surface area (Å²) >= 11 is 6.14. The van der Waals surface area contributed by atoms with Crippen molar-refractivity contribution < 1.29 is 22.7 Å². The predicted molar refractivity (Wildman–Crippen MR) is 111 cm³/mol. The molecule has 0 aliphatic carbocycles. The quantitative estimate of drug-likeness (QED) is 0.619. The first-order chi connectivity index (χ1) is 13.8. The lowest BCUT2D eigenvalue weighted by molar-refractivity contribution is -0.143. The first-order valence-electron chi connectivity index (χ1n) is 9.79. The number of carbonyl (C=O) groups is 2. The van der Waals surface area contributed by atoms with E-state index in [4.69, 9.17) is 16.3 Å². The third-order valence-electron chi connectivity index (χ3n) is 4.55. The average molecular weight is 446 g/mol. The monoisotopic (exact) mass is 445 g/mol. The number of morpholine rings is 1. The molecule has 0 aromatic heterocycles. The van der Waals surface area contributed by atoms with E-state index in [1.165, 1.54) is 27.4 Å². The van der Waals surface area contributed by atoms with Crippen molar-refractivity contribution in [2.75, 3.05) is 44.7 Å². The second kappa shape index (κ2) is 10.9. The third-order valence-corrected chi connectivity index (χ3v) is 6.77. The van der Waals surface area contributed by atoms with Gasteiger partial charge in [0, 0.05) is 26.2 Å². The largest absolute Gasteiger partial charge is 0.379 e. The summed E-state index contributed by atoms with van der Waals surface area (Å²) in [4.78, 5) is 26.5. The normalized spacial score (nSPS) is 15.1. The molecule has 0 saturated carbocycles. The van der Waals surface area contributed by atoms with E-state index < -0.39 is 21.8 Å². The highest BCUT2D eigenvalue weighted by Gasteiger charge is 2.28. The SMILES string of the molecule is CCCCN(CCC)C(=O)C(=O)Nc1cc(S(=O)(=O)N2CCOCC2)ccc1Cl. The van der Waals surface area contributed by atoms with Crippen molar-refractivity contribution in [3.63, 3.8) is 0 Å². The smallest absolute Gasteiger partial charge is 0.313 e. The van der Waals surface area contributed by atoms with E-state index in [0.29, 0.717) is 26.3 Å². The number of rotatable bonds is 8. The number of nitrogens with zero attached hydrogens (tertiary/aromatic N) is 2. The topological polar surface area (TPSA) is 96.0 Å². The summed E-state index contributed by atoms with van der Waals surface area (Å²) in [5.74, 6) is -1.49. The summed E-state index contributed by atoms with van der Waals surface area (Å²) in [6, 6.07) is 4.07. The number of hydrogen-bond donors (Lipinski definition) is 1. The highest BCUT2D eigenvalue weighted by molar-refractivity contribution is 7.89. The van der Waals surface area contributed by atoms with Crippen LogP contribution in [0.2, 0.25) is 5.02 Å². The summed E-state index contributed by atoms with van der Waals surface area (Å²) in [5.41, 5.74) is 0.0892. The second-order valence-electron chi connectivity index (χ2n) is 6.76. The van der Waals surface area contributed by atoms with Crippen LogP contribution in [-0.4, -0.2) is 68.8 Å². The number of benzene rings is 1. The lowest BCUT2D eigenvalue weighted by Crippen LogP contribution is -2.41. The molecule has 1 heterocycles. The van der Waals surface area contributed by atoms with Crippen LogP contribution in [0.15, 0.2) is 23.1 Å². The van der Waals surface area contributed by atoms with Gasteiger partial charge in [0.25, 0.3) is 0 Å². The molecule has 1 aliphatic rings. The molecule has 0 atom stereocenters. The summed E-state index contributed by atoms with van der Waals surface area (Å²) in [5, 5.41) is 2.63. The fourth-order valence-electron chi connectivity index (χ4n) is 2.95. The van der Waals surface area contributed by atoms with Gasteiger partial charge in [0.2, 0.25) is 10.0 Å². The first-order valence-corrected chi connectivity index (χ1v) is 11.6. The Morgan fingerprint density at radius 2 is 1.86 bits per heavy atom. The van der Waals surface area contributed by atoms with Gasteiger partial charge in [-0.1, -0.05) is 31.9 Å². The third kappa shape index (κ3) is 6.15. The number of amides is 2. The van der Waals surface area contributed by atoms with E-state index in [9.17, 15) is 18.0 Å². The molecule has 10 heteroatoms. The Bertz CT molecular complexity index is 825. The number of unbranched alkanes of at least 4 members (excludes halogenated alkanes) is 1. The van der Waals surface area contributed by atoms with E-state index in [2.05, 4.69) is 5.32 Å². The van der Waals surface area contributed by atoms with Crippen LogP contribution in [0, 0.1) is 0 Å². The van der Waals surface area contributed by atoms with E-state index >= 15 is 0 Å². The van der Waals surface area contributed by atoms with Gasteiger partial charge in [-0.15, -0.1) is 0 Å². The van der Waals surface area contributed by atoms with E-state index in [1.807, 2.05) is 13.8 Å². The molecule has 29 heavy (non-hydrogen) atoms. The van der Waals surface area contributed by atoms with Gasteiger partial charge in [-0.2, -0.15) is 4.31 Å². The van der Waals surface area contributed by atoms with Gasteiger partial charge in [0.15, 0.2) is 0 Å². The fraction of sp³-hybridized carbons (Fsp3) is 0.579. The number of halogens is 1. The fourth-order valence-corrected chi connectivity index (χ4v) is 4.55. The highest BCUT2D eigenvalue weighted by Crippen LogP contribution is 2.27. The Kier molecular flexibility index (Phi) is 8.88. The summed E-state index contributed by atoms with van der Waals surface area (Å²) < 4.78 is 32.2. The zero-order valence-electron chi connectivity index (χ0n) is 16.8. The molecule has 1 aromatic rings. The minimum Gasteiger partial charge on any atom is -0.379 e. The Morgan fingerprint density at radius 3 is 2.48 bits per heavy atom.